The molecule has 1 aliphatic heterocycles. The summed E-state index contributed by atoms with van der Waals surface area (Å²) in [5.41, 5.74) is 5.33. The highest BCUT2D eigenvalue weighted by Crippen LogP contribution is 2.56. The third-order valence-electron chi connectivity index (χ3n) is 4.53. The summed E-state index contributed by atoms with van der Waals surface area (Å²) in [5.74, 6) is 0.527. The lowest BCUT2D eigenvalue weighted by Gasteiger charge is -2.04. The highest BCUT2D eigenvalue weighted by Gasteiger charge is 2.70. The van der Waals surface area contributed by atoms with Gasteiger partial charge in [0.15, 0.2) is 21.3 Å². The largest absolute Gasteiger partial charge is 0.454 e. The first-order valence-electron chi connectivity index (χ1n) is 7.37. The normalized spacial score (nSPS) is 27.5. The topological polar surface area (TPSA) is 102 Å². The van der Waals surface area contributed by atoms with Crippen molar-refractivity contribution in [1.82, 2.24) is 0 Å². The third-order valence-corrected chi connectivity index (χ3v) is 6.79. The van der Waals surface area contributed by atoms with E-state index in [2.05, 4.69) is 0 Å². The van der Waals surface area contributed by atoms with E-state index in [4.69, 9.17) is 15.2 Å². The number of nitriles is 1. The SMILES string of the molecule is N#CC1(N)C(c2ccc3c(c2)OCO3)C1S(=O)(=O)c1ccccc1. The Morgan fingerprint density at radius 1 is 1.12 bits per heavy atom. The summed E-state index contributed by atoms with van der Waals surface area (Å²) in [6.07, 6.45) is 0. The fourth-order valence-electron chi connectivity index (χ4n) is 3.26. The van der Waals surface area contributed by atoms with E-state index in [1.807, 2.05) is 6.07 Å². The lowest BCUT2D eigenvalue weighted by atomic mass is 10.1. The van der Waals surface area contributed by atoms with Gasteiger partial charge in [-0.3, -0.25) is 0 Å². The van der Waals surface area contributed by atoms with Gasteiger partial charge in [0.05, 0.1) is 11.0 Å². The van der Waals surface area contributed by atoms with Gasteiger partial charge in [0.2, 0.25) is 6.79 Å². The van der Waals surface area contributed by atoms with Crippen LogP contribution in [0.25, 0.3) is 0 Å². The molecule has 0 spiro atoms. The first-order chi connectivity index (χ1) is 11.5. The van der Waals surface area contributed by atoms with E-state index in [9.17, 15) is 13.7 Å². The zero-order chi connectivity index (χ0) is 16.9. The van der Waals surface area contributed by atoms with Crippen molar-refractivity contribution in [2.75, 3.05) is 6.79 Å². The smallest absolute Gasteiger partial charge is 0.231 e. The second-order valence-corrected chi connectivity index (χ2v) is 7.98. The minimum absolute atomic E-state index is 0.126. The van der Waals surface area contributed by atoms with Gasteiger partial charge in [0.1, 0.15) is 10.8 Å². The van der Waals surface area contributed by atoms with Gasteiger partial charge in [-0.25, -0.2) is 8.42 Å². The van der Waals surface area contributed by atoms with Crippen LogP contribution in [0.3, 0.4) is 0 Å². The van der Waals surface area contributed by atoms with Crippen LogP contribution >= 0.6 is 0 Å². The average Bonchev–Trinajstić information content (AvgIpc) is 3.00. The Morgan fingerprint density at radius 2 is 1.83 bits per heavy atom. The molecule has 1 aliphatic carbocycles. The summed E-state index contributed by atoms with van der Waals surface area (Å²) in [6, 6.07) is 15.2. The van der Waals surface area contributed by atoms with Crippen LogP contribution < -0.4 is 15.2 Å². The molecule has 6 nitrogen and oxygen atoms in total. The van der Waals surface area contributed by atoms with E-state index in [1.165, 1.54) is 12.1 Å². The maximum atomic E-state index is 12.9. The molecule has 3 unspecified atom stereocenters. The number of sulfone groups is 1. The van der Waals surface area contributed by atoms with Crippen LogP contribution in [0, 0.1) is 11.3 Å². The molecule has 3 atom stereocenters. The Bertz CT molecular complexity index is 952. The zero-order valence-corrected chi connectivity index (χ0v) is 13.4. The van der Waals surface area contributed by atoms with Crippen molar-refractivity contribution in [1.29, 1.82) is 5.26 Å². The van der Waals surface area contributed by atoms with Gasteiger partial charge in [-0.05, 0) is 29.8 Å². The quantitative estimate of drug-likeness (QED) is 0.908. The van der Waals surface area contributed by atoms with Crippen molar-refractivity contribution >= 4 is 9.84 Å². The number of nitrogens with two attached hydrogens (primary N) is 1. The highest BCUT2D eigenvalue weighted by molar-refractivity contribution is 7.92. The first kappa shape index (κ1) is 15.0. The molecule has 0 aromatic heterocycles. The van der Waals surface area contributed by atoms with Gasteiger partial charge >= 0.3 is 0 Å². The molecule has 1 saturated carbocycles. The summed E-state index contributed by atoms with van der Waals surface area (Å²) in [7, 11) is -3.72. The molecule has 1 heterocycles. The van der Waals surface area contributed by atoms with Crippen LogP contribution in [-0.4, -0.2) is 26.0 Å². The molecule has 2 aromatic rings. The van der Waals surface area contributed by atoms with Crippen LogP contribution in [0.2, 0.25) is 0 Å². The fourth-order valence-corrected chi connectivity index (χ4v) is 5.46. The van der Waals surface area contributed by atoms with E-state index in [0.717, 1.165) is 0 Å². The predicted molar refractivity (Wildman–Crippen MR) is 85.3 cm³/mol. The highest BCUT2D eigenvalue weighted by atomic mass is 32.2. The second kappa shape index (κ2) is 4.97. The van der Waals surface area contributed by atoms with Crippen molar-refractivity contribution in [3.8, 4) is 17.6 Å². The van der Waals surface area contributed by atoms with Crippen LogP contribution in [0.1, 0.15) is 11.5 Å². The molecule has 7 heteroatoms. The third kappa shape index (κ3) is 2.00. The molecule has 0 radical (unpaired) electrons. The van der Waals surface area contributed by atoms with E-state index in [-0.39, 0.29) is 11.7 Å². The molecule has 4 rings (SSSR count). The fraction of sp³-hybridized carbons (Fsp3) is 0.235. The first-order valence-corrected chi connectivity index (χ1v) is 8.92. The standard InChI is InChI=1S/C17H14N2O4S/c18-9-17(19)15(11-6-7-13-14(8-11)23-10-22-13)16(17)24(20,21)12-4-2-1-3-5-12/h1-8,15-16H,10,19H2. The maximum absolute atomic E-state index is 12.9. The number of rotatable bonds is 3. The van der Waals surface area contributed by atoms with Crippen molar-refractivity contribution in [3.05, 3.63) is 54.1 Å². The van der Waals surface area contributed by atoms with Crippen LogP contribution in [0.15, 0.2) is 53.4 Å². The summed E-state index contributed by atoms with van der Waals surface area (Å²) in [4.78, 5) is 0.170. The lowest BCUT2D eigenvalue weighted by Crippen LogP contribution is -2.29. The number of ether oxygens (including phenoxy) is 2. The summed E-state index contributed by atoms with van der Waals surface area (Å²) in [6.45, 7) is 0.126. The van der Waals surface area contributed by atoms with E-state index < -0.39 is 26.5 Å². The van der Waals surface area contributed by atoms with Crippen LogP contribution in [0.4, 0.5) is 0 Å². The Balaban J connectivity index is 1.76. The molecule has 0 amide bonds. The van der Waals surface area contributed by atoms with E-state index in [1.54, 1.807) is 36.4 Å². The van der Waals surface area contributed by atoms with Crippen molar-refractivity contribution < 1.29 is 17.9 Å². The van der Waals surface area contributed by atoms with Gasteiger partial charge in [-0.2, -0.15) is 5.26 Å². The number of hydrogen-bond acceptors (Lipinski definition) is 6. The molecule has 24 heavy (non-hydrogen) atoms. The Hall–Kier alpha value is -2.56. The van der Waals surface area contributed by atoms with Gasteiger partial charge in [0.25, 0.3) is 0 Å². The van der Waals surface area contributed by atoms with Gasteiger partial charge in [0, 0.05) is 5.92 Å². The summed E-state index contributed by atoms with van der Waals surface area (Å²) >= 11 is 0. The van der Waals surface area contributed by atoms with Crippen molar-refractivity contribution in [2.45, 2.75) is 21.6 Å². The second-order valence-electron chi connectivity index (χ2n) is 5.91. The van der Waals surface area contributed by atoms with Gasteiger partial charge in [-0.1, -0.05) is 24.3 Å². The molecular formula is C17H14N2O4S. The molecule has 122 valence electrons. The monoisotopic (exact) mass is 342 g/mol. The Morgan fingerprint density at radius 3 is 2.54 bits per heavy atom. The lowest BCUT2D eigenvalue weighted by molar-refractivity contribution is 0.174. The minimum Gasteiger partial charge on any atom is -0.454 e. The van der Waals surface area contributed by atoms with Crippen LogP contribution in [0.5, 0.6) is 11.5 Å². The number of benzene rings is 2. The molecule has 0 bridgehead atoms. The molecular weight excluding hydrogens is 328 g/mol. The minimum atomic E-state index is -3.72. The number of nitrogens with zero attached hydrogens (tertiary/aromatic N) is 1. The number of fused-ring (bicyclic) bond motifs is 1. The summed E-state index contributed by atoms with van der Waals surface area (Å²) < 4.78 is 36.4. The zero-order valence-electron chi connectivity index (χ0n) is 12.5. The van der Waals surface area contributed by atoms with Crippen molar-refractivity contribution in [3.63, 3.8) is 0 Å². The van der Waals surface area contributed by atoms with Crippen LogP contribution in [-0.2, 0) is 9.84 Å². The predicted octanol–water partition coefficient (Wildman–Crippen LogP) is 1.58. The van der Waals surface area contributed by atoms with Crippen molar-refractivity contribution in [2.24, 2.45) is 5.73 Å². The van der Waals surface area contributed by atoms with Gasteiger partial charge in [-0.15, -0.1) is 0 Å². The molecule has 1 fully saturated rings. The Labute approximate surface area is 139 Å². The molecule has 2 aromatic carbocycles. The molecule has 2 aliphatic rings. The van der Waals surface area contributed by atoms with Gasteiger partial charge < -0.3 is 15.2 Å². The Kier molecular flexibility index (Phi) is 3.10. The summed E-state index contributed by atoms with van der Waals surface area (Å²) in [5, 5.41) is 8.49. The van der Waals surface area contributed by atoms with E-state index in [0.29, 0.717) is 17.1 Å². The number of hydrogen-bond donors (Lipinski definition) is 1. The average molecular weight is 342 g/mol. The van der Waals surface area contributed by atoms with E-state index >= 15 is 0 Å². The maximum Gasteiger partial charge on any atom is 0.231 e. The molecule has 0 saturated heterocycles. The molecule has 2 N–H and O–H groups in total.